The predicted octanol–water partition coefficient (Wildman–Crippen LogP) is 7.40. The molecule has 4 aromatic rings. The maximum atomic E-state index is 13.9. The van der Waals surface area contributed by atoms with Crippen LogP contribution in [0.25, 0.3) is 10.9 Å². The number of nitrogens with zero attached hydrogens (tertiary/aromatic N) is 5. The lowest BCUT2D eigenvalue weighted by Gasteiger charge is -2.20. The number of piperidine rings is 1. The molecule has 0 spiro atoms. The van der Waals surface area contributed by atoms with Crippen LogP contribution in [0.2, 0.25) is 0 Å². The van der Waals surface area contributed by atoms with E-state index in [0.717, 1.165) is 84.1 Å². The molecule has 2 aliphatic carbocycles. The van der Waals surface area contributed by atoms with Gasteiger partial charge in [-0.2, -0.15) is 17.7 Å². The Morgan fingerprint density at radius 3 is 2.48 bits per heavy atom. The second kappa shape index (κ2) is 16.5. The van der Waals surface area contributed by atoms with Gasteiger partial charge in [-0.15, -0.1) is 0 Å². The van der Waals surface area contributed by atoms with Crippen LogP contribution in [-0.4, -0.2) is 64.3 Å². The van der Waals surface area contributed by atoms with Gasteiger partial charge in [0.25, 0.3) is 5.91 Å². The quantitative estimate of drug-likeness (QED) is 0.101. The summed E-state index contributed by atoms with van der Waals surface area (Å²) in [5, 5.41) is 8.76. The molecule has 0 bridgehead atoms. The molecule has 1 aromatic carbocycles. The van der Waals surface area contributed by atoms with E-state index in [1.807, 2.05) is 16.9 Å². The fourth-order valence-corrected chi connectivity index (χ4v) is 6.96. The lowest BCUT2D eigenvalue weighted by molar-refractivity contribution is 0.0600. The van der Waals surface area contributed by atoms with Crippen LogP contribution in [-0.2, 0) is 29.2 Å². The minimum absolute atomic E-state index is 0. The van der Waals surface area contributed by atoms with Gasteiger partial charge in [0.05, 0.1) is 30.0 Å². The molecular weight excluding hydrogens is 649 g/mol. The number of amides is 1. The predicted molar refractivity (Wildman–Crippen MR) is 204 cm³/mol. The number of aryl methyl sites for hydroxylation is 1. The van der Waals surface area contributed by atoms with E-state index in [0.29, 0.717) is 36.4 Å². The van der Waals surface area contributed by atoms with Crippen LogP contribution in [0.5, 0.6) is 0 Å². The van der Waals surface area contributed by atoms with Crippen LogP contribution in [0, 0.1) is 31.6 Å². The molecule has 3 atom stereocenters. The van der Waals surface area contributed by atoms with Gasteiger partial charge in [0.15, 0.2) is 0 Å². The number of aromatic nitrogens is 4. The first-order chi connectivity index (χ1) is 24.1. The molecule has 11 heteroatoms. The number of ether oxygens (including phenoxy) is 2. The van der Waals surface area contributed by atoms with E-state index in [1.54, 1.807) is 18.4 Å². The van der Waals surface area contributed by atoms with E-state index in [1.165, 1.54) is 19.1 Å². The van der Waals surface area contributed by atoms with Crippen molar-refractivity contribution in [2.24, 2.45) is 17.8 Å². The number of benzene rings is 1. The number of carbonyl (C=O) groups is 2. The molecular formula is C39H56N6O4S. The third kappa shape index (κ3) is 8.20. The standard InChI is InChI=1S/C34H40N6O4.C4H10.CH4S.H2/c1-5-12-44-19-40-21(3)26-8-9-29(32(26)37-40)36-33(41)28-18-38(30-10-6-22(14-27(28)30)34(42)43-4)15-23-7-11-31(35-20(23)2)39-16-24-13-25(24)17-39;1-4(2)3;1-2;/h6-7,10-11,14,18,24-25,29H,5,8-9,12-13,15-17,19H2,1-4H3,(H,36,41);4H,1-3H3;2H,1H3;1H. The zero-order valence-corrected chi connectivity index (χ0v) is 31.8. The van der Waals surface area contributed by atoms with E-state index in [4.69, 9.17) is 19.6 Å². The summed E-state index contributed by atoms with van der Waals surface area (Å²) in [4.78, 5) is 33.7. The van der Waals surface area contributed by atoms with Gasteiger partial charge in [-0.1, -0.05) is 33.8 Å². The number of methoxy groups -OCH3 is 1. The highest BCUT2D eigenvalue weighted by Crippen LogP contribution is 2.46. The number of nitrogens with one attached hydrogen (secondary N) is 1. The fourth-order valence-electron chi connectivity index (χ4n) is 6.96. The number of anilines is 1. The van der Waals surface area contributed by atoms with Gasteiger partial charge in [-0.3, -0.25) is 4.79 Å². The van der Waals surface area contributed by atoms with E-state index in [-0.39, 0.29) is 13.4 Å². The average molecular weight is 705 g/mol. The van der Waals surface area contributed by atoms with Crippen molar-refractivity contribution in [1.29, 1.82) is 0 Å². The van der Waals surface area contributed by atoms with Gasteiger partial charge in [-0.25, -0.2) is 14.5 Å². The molecule has 3 aromatic heterocycles. The van der Waals surface area contributed by atoms with Crippen molar-refractivity contribution in [1.82, 2.24) is 24.6 Å². The van der Waals surface area contributed by atoms with Crippen LogP contribution in [0.4, 0.5) is 5.82 Å². The van der Waals surface area contributed by atoms with Crippen molar-refractivity contribution in [3.8, 4) is 0 Å². The Labute approximate surface area is 303 Å². The number of pyridine rings is 1. The fraction of sp³-hybridized carbons (Fsp3) is 0.538. The SMILES string of the molecule is CC(C)C.CCCOCn1nc2c(c1C)CCC2NC(=O)c1cn(Cc2ccc(N3CC4CC4C3)nc2C)c2ccc(C(=O)OC)cc12.CS.[HH]. The summed E-state index contributed by atoms with van der Waals surface area (Å²) in [6, 6.07) is 9.47. The van der Waals surface area contributed by atoms with Crippen molar-refractivity contribution in [2.45, 2.75) is 86.5 Å². The molecule has 1 saturated heterocycles. The lowest BCUT2D eigenvalue weighted by Crippen LogP contribution is -2.27. The molecule has 1 aliphatic heterocycles. The second-order valence-electron chi connectivity index (χ2n) is 14.3. The second-order valence-corrected chi connectivity index (χ2v) is 14.3. The van der Waals surface area contributed by atoms with Gasteiger partial charge in [0, 0.05) is 56.2 Å². The summed E-state index contributed by atoms with van der Waals surface area (Å²) >= 11 is 3.53. The highest BCUT2D eigenvalue weighted by atomic mass is 32.1. The Kier molecular flexibility index (Phi) is 12.3. The zero-order chi connectivity index (χ0) is 36.1. The van der Waals surface area contributed by atoms with Crippen molar-refractivity contribution in [3.05, 3.63) is 75.9 Å². The Bertz CT molecular complexity index is 1810. The smallest absolute Gasteiger partial charge is 0.337 e. The largest absolute Gasteiger partial charge is 0.465 e. The Morgan fingerprint density at radius 1 is 1.10 bits per heavy atom. The Hall–Kier alpha value is -3.83. The van der Waals surface area contributed by atoms with Crippen LogP contribution < -0.4 is 10.2 Å². The van der Waals surface area contributed by atoms with Gasteiger partial charge in [0.1, 0.15) is 12.5 Å². The molecule has 1 N–H and O–H groups in total. The molecule has 10 nitrogen and oxygen atoms in total. The van der Waals surface area contributed by atoms with Gasteiger partial charge in [-0.05, 0) is 98.9 Å². The lowest BCUT2D eigenvalue weighted by atomic mass is 10.1. The van der Waals surface area contributed by atoms with Crippen LogP contribution in [0.15, 0.2) is 36.5 Å². The summed E-state index contributed by atoms with van der Waals surface area (Å²) in [6.07, 6.45) is 7.55. The molecule has 1 saturated carbocycles. The van der Waals surface area contributed by atoms with Crippen molar-refractivity contribution < 1.29 is 20.5 Å². The number of carbonyl (C=O) groups excluding carboxylic acids is 2. The summed E-state index contributed by atoms with van der Waals surface area (Å²) in [7, 11) is 1.36. The first kappa shape index (κ1) is 37.4. The minimum atomic E-state index is -0.437. The van der Waals surface area contributed by atoms with Gasteiger partial charge < -0.3 is 24.3 Å². The molecule has 7 rings (SSSR count). The summed E-state index contributed by atoms with van der Waals surface area (Å²) in [6.45, 7) is 16.5. The normalized spacial score (nSPS) is 18.6. The van der Waals surface area contributed by atoms with Gasteiger partial charge >= 0.3 is 5.97 Å². The topological polar surface area (TPSA) is 104 Å². The van der Waals surface area contributed by atoms with E-state index in [2.05, 4.69) is 81.1 Å². The van der Waals surface area contributed by atoms with Crippen molar-refractivity contribution in [2.75, 3.05) is 38.0 Å². The number of esters is 1. The number of thiol groups is 1. The van der Waals surface area contributed by atoms with Crippen LogP contribution >= 0.6 is 12.6 Å². The first-order valence-electron chi connectivity index (χ1n) is 17.9. The highest BCUT2D eigenvalue weighted by molar-refractivity contribution is 7.79. The van der Waals surface area contributed by atoms with Crippen molar-refractivity contribution >= 4 is 41.2 Å². The van der Waals surface area contributed by atoms with E-state index in [9.17, 15) is 9.59 Å². The zero-order valence-electron chi connectivity index (χ0n) is 31.0. The Balaban J connectivity index is 0.000000781. The maximum Gasteiger partial charge on any atom is 0.337 e. The van der Waals surface area contributed by atoms with Crippen LogP contribution in [0.3, 0.4) is 0 Å². The summed E-state index contributed by atoms with van der Waals surface area (Å²) in [5.74, 6) is 2.94. The number of hydrogen-bond acceptors (Lipinski definition) is 8. The molecule has 0 radical (unpaired) electrons. The molecule has 50 heavy (non-hydrogen) atoms. The average Bonchev–Trinajstić information content (AvgIpc) is 3.42. The summed E-state index contributed by atoms with van der Waals surface area (Å²) < 4.78 is 14.7. The number of fused-ring (bicyclic) bond motifs is 3. The first-order valence-corrected chi connectivity index (χ1v) is 18.8. The Morgan fingerprint density at radius 2 is 1.82 bits per heavy atom. The molecule has 3 aliphatic rings. The third-order valence-electron chi connectivity index (χ3n) is 9.61. The molecule has 272 valence electrons. The number of rotatable bonds is 10. The van der Waals surface area contributed by atoms with Crippen LogP contribution in [0.1, 0.15) is 103 Å². The van der Waals surface area contributed by atoms with Gasteiger partial charge in [0.2, 0.25) is 0 Å². The molecule has 4 heterocycles. The van der Waals surface area contributed by atoms with E-state index >= 15 is 0 Å². The number of hydrogen-bond donors (Lipinski definition) is 2. The molecule has 1 amide bonds. The maximum absolute atomic E-state index is 13.9. The monoisotopic (exact) mass is 704 g/mol. The van der Waals surface area contributed by atoms with E-state index < -0.39 is 5.97 Å². The van der Waals surface area contributed by atoms with Crippen molar-refractivity contribution in [3.63, 3.8) is 0 Å². The molecule has 2 fully saturated rings. The highest BCUT2D eigenvalue weighted by Gasteiger charge is 2.45. The minimum Gasteiger partial charge on any atom is -0.465 e. The molecule has 3 unspecified atom stereocenters. The summed E-state index contributed by atoms with van der Waals surface area (Å²) in [5.41, 5.74) is 7.03. The third-order valence-corrected chi connectivity index (χ3v) is 9.61.